The van der Waals surface area contributed by atoms with Crippen LogP contribution in [0.5, 0.6) is 0 Å². The van der Waals surface area contributed by atoms with Gasteiger partial charge in [0.05, 0.1) is 11.7 Å². The van der Waals surface area contributed by atoms with Gasteiger partial charge < -0.3 is 9.47 Å². The average molecular weight is 206 g/mol. The van der Waals surface area contributed by atoms with Crippen molar-refractivity contribution in [1.29, 1.82) is 0 Å². The lowest BCUT2D eigenvalue weighted by atomic mass is 9.89. The molecule has 15 heavy (non-hydrogen) atoms. The highest BCUT2D eigenvalue weighted by Gasteiger charge is 2.36. The van der Waals surface area contributed by atoms with E-state index in [4.69, 9.17) is 9.47 Å². The summed E-state index contributed by atoms with van der Waals surface area (Å²) in [5, 5.41) is 0. The summed E-state index contributed by atoms with van der Waals surface area (Å²) in [6.45, 7) is 6.19. The molecule has 2 heteroatoms. The zero-order valence-corrected chi connectivity index (χ0v) is 9.57. The van der Waals surface area contributed by atoms with Gasteiger partial charge in [0.2, 0.25) is 0 Å². The van der Waals surface area contributed by atoms with E-state index in [-0.39, 0.29) is 18.0 Å². The maximum atomic E-state index is 5.91. The smallest absolute Gasteiger partial charge is 0.156 e. The van der Waals surface area contributed by atoms with E-state index < -0.39 is 0 Å². The van der Waals surface area contributed by atoms with Crippen molar-refractivity contribution < 1.29 is 9.47 Å². The van der Waals surface area contributed by atoms with E-state index in [1.165, 1.54) is 5.56 Å². The Bertz CT molecular complexity index is 311. The normalized spacial score (nSPS) is 36.5. The van der Waals surface area contributed by atoms with Crippen molar-refractivity contribution in [2.75, 3.05) is 0 Å². The number of hydrogen-bond acceptors (Lipinski definition) is 2. The lowest BCUT2D eigenvalue weighted by Crippen LogP contribution is -2.41. The second-order valence-electron chi connectivity index (χ2n) is 4.43. The largest absolute Gasteiger partial charge is 0.350 e. The van der Waals surface area contributed by atoms with Gasteiger partial charge in [0.25, 0.3) is 0 Å². The SMILES string of the molecule is C[C@H]1O[C@@H](C)C[C@](C)(c2ccccc2)O1. The monoisotopic (exact) mass is 206 g/mol. The Morgan fingerprint density at radius 1 is 1.20 bits per heavy atom. The minimum absolute atomic E-state index is 0.126. The number of rotatable bonds is 1. The summed E-state index contributed by atoms with van der Waals surface area (Å²) in [6, 6.07) is 10.4. The Morgan fingerprint density at radius 2 is 1.87 bits per heavy atom. The van der Waals surface area contributed by atoms with E-state index in [0.29, 0.717) is 0 Å². The molecular formula is C13H18O2. The Labute approximate surface area is 91.2 Å². The molecule has 1 aliphatic heterocycles. The van der Waals surface area contributed by atoms with Crippen LogP contribution in [0.1, 0.15) is 32.8 Å². The van der Waals surface area contributed by atoms with Gasteiger partial charge in [-0.2, -0.15) is 0 Å². The van der Waals surface area contributed by atoms with Crippen molar-refractivity contribution >= 4 is 0 Å². The van der Waals surface area contributed by atoms with Gasteiger partial charge in [0.15, 0.2) is 6.29 Å². The molecule has 1 saturated heterocycles. The summed E-state index contributed by atoms with van der Waals surface area (Å²) in [7, 11) is 0. The fourth-order valence-electron chi connectivity index (χ4n) is 2.34. The van der Waals surface area contributed by atoms with Crippen LogP contribution < -0.4 is 0 Å². The molecule has 0 aromatic heterocycles. The topological polar surface area (TPSA) is 18.5 Å². The van der Waals surface area contributed by atoms with Crippen LogP contribution in [-0.2, 0) is 15.1 Å². The molecule has 0 spiro atoms. The molecular weight excluding hydrogens is 188 g/mol. The molecule has 3 atom stereocenters. The van der Waals surface area contributed by atoms with Crippen LogP contribution in [0.15, 0.2) is 30.3 Å². The molecule has 0 N–H and O–H groups in total. The minimum atomic E-state index is -0.210. The summed E-state index contributed by atoms with van der Waals surface area (Å²) < 4.78 is 11.5. The number of benzene rings is 1. The molecule has 2 nitrogen and oxygen atoms in total. The molecule has 1 heterocycles. The average Bonchev–Trinajstić information content (AvgIpc) is 2.17. The van der Waals surface area contributed by atoms with Crippen LogP contribution in [0, 0.1) is 0 Å². The molecule has 1 aromatic rings. The fraction of sp³-hybridized carbons (Fsp3) is 0.538. The van der Waals surface area contributed by atoms with Crippen LogP contribution in [0.25, 0.3) is 0 Å². The fourth-order valence-corrected chi connectivity index (χ4v) is 2.34. The number of ether oxygens (including phenoxy) is 2. The highest BCUT2D eigenvalue weighted by atomic mass is 16.7. The van der Waals surface area contributed by atoms with Gasteiger partial charge in [-0.25, -0.2) is 0 Å². The molecule has 0 unspecified atom stereocenters. The third-order valence-electron chi connectivity index (χ3n) is 2.91. The first kappa shape index (κ1) is 10.7. The Kier molecular flexibility index (Phi) is 2.81. The van der Waals surface area contributed by atoms with Crippen molar-refractivity contribution in [3.8, 4) is 0 Å². The van der Waals surface area contributed by atoms with Crippen LogP contribution >= 0.6 is 0 Å². The lowest BCUT2D eigenvalue weighted by Gasteiger charge is -2.41. The molecule has 1 aromatic carbocycles. The van der Waals surface area contributed by atoms with Crippen LogP contribution in [0.3, 0.4) is 0 Å². The molecule has 0 bridgehead atoms. The van der Waals surface area contributed by atoms with Gasteiger partial charge >= 0.3 is 0 Å². The first-order valence-corrected chi connectivity index (χ1v) is 5.49. The highest BCUT2D eigenvalue weighted by Crippen LogP contribution is 2.36. The second-order valence-corrected chi connectivity index (χ2v) is 4.43. The number of hydrogen-bond donors (Lipinski definition) is 0. The molecule has 1 fully saturated rings. The van der Waals surface area contributed by atoms with Crippen LogP contribution in [-0.4, -0.2) is 12.4 Å². The van der Waals surface area contributed by atoms with Crippen LogP contribution in [0.4, 0.5) is 0 Å². The standard InChI is InChI=1S/C13H18O2/c1-10-9-13(3,15-11(2)14-10)12-7-5-4-6-8-12/h4-8,10-11H,9H2,1-3H3/t10-,11-,13+/m0/s1. The van der Waals surface area contributed by atoms with Gasteiger partial charge in [0.1, 0.15) is 0 Å². The second kappa shape index (κ2) is 3.95. The first-order chi connectivity index (χ1) is 7.10. The van der Waals surface area contributed by atoms with E-state index in [9.17, 15) is 0 Å². The summed E-state index contributed by atoms with van der Waals surface area (Å²) in [6.07, 6.45) is 1.03. The van der Waals surface area contributed by atoms with E-state index in [1.54, 1.807) is 0 Å². The Morgan fingerprint density at radius 3 is 2.47 bits per heavy atom. The summed E-state index contributed by atoms with van der Waals surface area (Å²) in [4.78, 5) is 0. The van der Waals surface area contributed by atoms with Gasteiger partial charge in [-0.1, -0.05) is 30.3 Å². The van der Waals surface area contributed by atoms with Gasteiger partial charge in [-0.3, -0.25) is 0 Å². The summed E-state index contributed by atoms with van der Waals surface area (Å²) in [5.74, 6) is 0. The molecule has 1 aliphatic rings. The highest BCUT2D eigenvalue weighted by molar-refractivity contribution is 5.22. The molecule has 0 aliphatic carbocycles. The minimum Gasteiger partial charge on any atom is -0.350 e. The zero-order chi connectivity index (χ0) is 10.9. The first-order valence-electron chi connectivity index (χ1n) is 5.49. The predicted octanol–water partition coefficient (Wildman–Crippen LogP) is 3.07. The maximum absolute atomic E-state index is 5.91. The van der Waals surface area contributed by atoms with Crippen molar-refractivity contribution in [3.63, 3.8) is 0 Å². The summed E-state index contributed by atoms with van der Waals surface area (Å²) in [5.41, 5.74) is 1.02. The van der Waals surface area contributed by atoms with Gasteiger partial charge in [-0.05, 0) is 26.3 Å². The van der Waals surface area contributed by atoms with E-state index >= 15 is 0 Å². The van der Waals surface area contributed by atoms with Crippen LogP contribution in [0.2, 0.25) is 0 Å². The zero-order valence-electron chi connectivity index (χ0n) is 9.57. The van der Waals surface area contributed by atoms with Gasteiger partial charge in [0, 0.05) is 6.42 Å². The molecule has 0 amide bonds. The third kappa shape index (κ3) is 2.21. The lowest BCUT2D eigenvalue weighted by molar-refractivity contribution is -0.270. The third-order valence-corrected chi connectivity index (χ3v) is 2.91. The van der Waals surface area contributed by atoms with Crippen molar-refractivity contribution in [2.24, 2.45) is 0 Å². The van der Waals surface area contributed by atoms with E-state index in [2.05, 4.69) is 38.1 Å². The maximum Gasteiger partial charge on any atom is 0.156 e. The van der Waals surface area contributed by atoms with E-state index in [0.717, 1.165) is 6.42 Å². The molecule has 0 saturated carbocycles. The Hall–Kier alpha value is -0.860. The molecule has 82 valence electrons. The van der Waals surface area contributed by atoms with Crippen molar-refractivity contribution in [3.05, 3.63) is 35.9 Å². The molecule has 0 radical (unpaired) electrons. The van der Waals surface area contributed by atoms with Crippen molar-refractivity contribution in [1.82, 2.24) is 0 Å². The van der Waals surface area contributed by atoms with E-state index in [1.807, 2.05) is 13.0 Å². The quantitative estimate of drug-likeness (QED) is 0.703. The van der Waals surface area contributed by atoms with Gasteiger partial charge in [-0.15, -0.1) is 0 Å². The van der Waals surface area contributed by atoms with Crippen molar-refractivity contribution in [2.45, 2.75) is 45.2 Å². The molecule has 2 rings (SSSR count). The summed E-state index contributed by atoms with van der Waals surface area (Å²) >= 11 is 0. The Balaban J connectivity index is 2.26. The predicted molar refractivity (Wildman–Crippen MR) is 59.5 cm³/mol.